The summed E-state index contributed by atoms with van der Waals surface area (Å²) < 4.78 is 5.85. The van der Waals surface area contributed by atoms with Crippen LogP contribution in [0.4, 0.5) is 0 Å². The van der Waals surface area contributed by atoms with E-state index in [1.165, 1.54) is 5.56 Å². The number of ether oxygens (including phenoxy) is 1. The molecule has 1 aliphatic rings. The molecule has 0 aliphatic heterocycles. The molecule has 0 amide bonds. The molecular formula is C19H20O2. The molecule has 2 nitrogen and oxygen atoms in total. The zero-order chi connectivity index (χ0) is 14.7. The van der Waals surface area contributed by atoms with Gasteiger partial charge in [0, 0.05) is 12.3 Å². The van der Waals surface area contributed by atoms with Crippen molar-refractivity contribution in [3.05, 3.63) is 65.7 Å². The van der Waals surface area contributed by atoms with E-state index in [0.29, 0.717) is 24.7 Å². The van der Waals surface area contributed by atoms with Gasteiger partial charge >= 0.3 is 0 Å². The van der Waals surface area contributed by atoms with Gasteiger partial charge in [0.25, 0.3) is 0 Å². The molecule has 0 heterocycles. The molecule has 1 saturated carbocycles. The van der Waals surface area contributed by atoms with Crippen molar-refractivity contribution in [1.29, 1.82) is 0 Å². The highest BCUT2D eigenvalue weighted by Crippen LogP contribution is 2.49. The normalized spacial score (nSPS) is 20.0. The molecule has 0 aromatic heterocycles. The summed E-state index contributed by atoms with van der Waals surface area (Å²) in [7, 11) is 0. The van der Waals surface area contributed by atoms with Crippen LogP contribution in [0.3, 0.4) is 0 Å². The van der Waals surface area contributed by atoms with Gasteiger partial charge in [0.2, 0.25) is 0 Å². The summed E-state index contributed by atoms with van der Waals surface area (Å²) in [5, 5.41) is 0. The quantitative estimate of drug-likeness (QED) is 0.786. The van der Waals surface area contributed by atoms with Gasteiger partial charge in [-0.25, -0.2) is 0 Å². The fourth-order valence-corrected chi connectivity index (χ4v) is 2.76. The maximum Gasteiger partial charge on any atom is 0.136 e. The van der Waals surface area contributed by atoms with Crippen LogP contribution in [0.2, 0.25) is 0 Å². The lowest BCUT2D eigenvalue weighted by Gasteiger charge is -2.08. The van der Waals surface area contributed by atoms with Gasteiger partial charge in [0.1, 0.15) is 18.1 Å². The Morgan fingerprint density at radius 3 is 2.71 bits per heavy atom. The Balaban J connectivity index is 1.63. The molecule has 1 fully saturated rings. The molecule has 3 rings (SSSR count). The molecule has 2 atom stereocenters. The highest BCUT2D eigenvalue weighted by Gasteiger charge is 2.42. The van der Waals surface area contributed by atoms with Crippen LogP contribution in [0.25, 0.3) is 0 Å². The number of hydrogen-bond donors (Lipinski definition) is 0. The summed E-state index contributed by atoms with van der Waals surface area (Å²) in [5.74, 6) is 1.90. The summed E-state index contributed by atoms with van der Waals surface area (Å²) >= 11 is 0. The Hall–Kier alpha value is -2.09. The minimum atomic E-state index is 0.236. The molecule has 1 aliphatic carbocycles. The number of Topliss-reactive ketones (excluding diaryl/α,β-unsaturated/α-hetero) is 1. The maximum atomic E-state index is 11.7. The summed E-state index contributed by atoms with van der Waals surface area (Å²) in [6, 6.07) is 18.3. The van der Waals surface area contributed by atoms with E-state index in [1.54, 1.807) is 0 Å². The molecule has 2 aromatic rings. The van der Waals surface area contributed by atoms with E-state index in [2.05, 4.69) is 24.3 Å². The Morgan fingerprint density at radius 2 is 1.95 bits per heavy atom. The van der Waals surface area contributed by atoms with Gasteiger partial charge in [-0.2, -0.15) is 0 Å². The first-order valence-corrected chi connectivity index (χ1v) is 7.57. The van der Waals surface area contributed by atoms with Gasteiger partial charge in [0.15, 0.2) is 0 Å². The average Bonchev–Trinajstić information content (AvgIpc) is 3.34. The molecule has 2 aromatic carbocycles. The predicted octanol–water partition coefficient (Wildman–Crippen LogP) is 4.35. The first-order valence-electron chi connectivity index (χ1n) is 7.57. The molecule has 0 N–H and O–H groups in total. The summed E-state index contributed by atoms with van der Waals surface area (Å²) in [4.78, 5) is 11.7. The fourth-order valence-electron chi connectivity index (χ4n) is 2.76. The largest absolute Gasteiger partial charge is 0.489 e. The smallest absolute Gasteiger partial charge is 0.136 e. The summed E-state index contributed by atoms with van der Waals surface area (Å²) in [6.07, 6.45) is 1.64. The number of ketones is 1. The van der Waals surface area contributed by atoms with Crippen molar-refractivity contribution >= 4 is 5.78 Å². The van der Waals surface area contributed by atoms with Crippen molar-refractivity contribution in [2.45, 2.75) is 32.3 Å². The van der Waals surface area contributed by atoms with Crippen molar-refractivity contribution in [2.24, 2.45) is 5.92 Å². The molecule has 2 heteroatoms. The Kier molecular flexibility index (Phi) is 4.05. The second-order valence-electron chi connectivity index (χ2n) is 5.62. The van der Waals surface area contributed by atoms with Crippen LogP contribution in [0, 0.1) is 5.92 Å². The Morgan fingerprint density at radius 1 is 1.14 bits per heavy atom. The Bertz CT molecular complexity index is 618. The van der Waals surface area contributed by atoms with E-state index in [1.807, 2.05) is 37.3 Å². The lowest BCUT2D eigenvalue weighted by atomic mass is 10.1. The molecule has 0 spiro atoms. The van der Waals surface area contributed by atoms with E-state index in [-0.39, 0.29) is 5.92 Å². The van der Waals surface area contributed by atoms with E-state index in [9.17, 15) is 4.79 Å². The minimum absolute atomic E-state index is 0.236. The number of benzene rings is 2. The first-order chi connectivity index (χ1) is 10.3. The molecule has 0 bridgehead atoms. The van der Waals surface area contributed by atoms with E-state index >= 15 is 0 Å². The van der Waals surface area contributed by atoms with Crippen LogP contribution in [-0.2, 0) is 11.4 Å². The summed E-state index contributed by atoms with van der Waals surface area (Å²) in [5.41, 5.74) is 2.39. The van der Waals surface area contributed by atoms with Crippen LogP contribution in [0.5, 0.6) is 5.75 Å². The number of hydrogen-bond acceptors (Lipinski definition) is 2. The van der Waals surface area contributed by atoms with Crippen LogP contribution >= 0.6 is 0 Å². The van der Waals surface area contributed by atoms with E-state index in [0.717, 1.165) is 17.7 Å². The van der Waals surface area contributed by atoms with Gasteiger partial charge in [-0.05, 0) is 35.6 Å². The molecule has 108 valence electrons. The van der Waals surface area contributed by atoms with Gasteiger partial charge in [-0.1, -0.05) is 49.4 Å². The van der Waals surface area contributed by atoms with Crippen LogP contribution < -0.4 is 4.74 Å². The predicted molar refractivity (Wildman–Crippen MR) is 83.4 cm³/mol. The van der Waals surface area contributed by atoms with Gasteiger partial charge in [-0.15, -0.1) is 0 Å². The van der Waals surface area contributed by atoms with Crippen molar-refractivity contribution in [1.82, 2.24) is 0 Å². The van der Waals surface area contributed by atoms with Gasteiger partial charge < -0.3 is 4.74 Å². The van der Waals surface area contributed by atoms with Gasteiger partial charge in [0.05, 0.1) is 0 Å². The lowest BCUT2D eigenvalue weighted by molar-refractivity contribution is -0.120. The molecule has 2 unspecified atom stereocenters. The average molecular weight is 280 g/mol. The third kappa shape index (κ3) is 3.33. The Labute approximate surface area is 125 Å². The molecular weight excluding hydrogens is 260 g/mol. The molecule has 0 radical (unpaired) electrons. The van der Waals surface area contributed by atoms with Crippen LogP contribution in [0.1, 0.15) is 36.8 Å². The van der Waals surface area contributed by atoms with Crippen molar-refractivity contribution < 1.29 is 9.53 Å². The van der Waals surface area contributed by atoms with Gasteiger partial charge in [-0.3, -0.25) is 4.79 Å². The lowest BCUT2D eigenvalue weighted by Crippen LogP contribution is -2.00. The van der Waals surface area contributed by atoms with Crippen LogP contribution in [-0.4, -0.2) is 5.78 Å². The highest BCUT2D eigenvalue weighted by molar-refractivity contribution is 5.84. The zero-order valence-electron chi connectivity index (χ0n) is 12.3. The second-order valence-corrected chi connectivity index (χ2v) is 5.62. The van der Waals surface area contributed by atoms with Crippen molar-refractivity contribution in [3.63, 3.8) is 0 Å². The standard InChI is InChI=1S/C19H20O2/c1-2-19(20)18-12-17(18)15-9-6-10-16(11-15)21-13-14-7-4-3-5-8-14/h3-11,17-18H,2,12-13H2,1H3. The fraction of sp³-hybridized carbons (Fsp3) is 0.316. The minimum Gasteiger partial charge on any atom is -0.489 e. The summed E-state index contributed by atoms with van der Waals surface area (Å²) in [6.45, 7) is 2.52. The topological polar surface area (TPSA) is 26.3 Å². The highest BCUT2D eigenvalue weighted by atomic mass is 16.5. The van der Waals surface area contributed by atoms with E-state index < -0.39 is 0 Å². The monoisotopic (exact) mass is 280 g/mol. The first kappa shape index (κ1) is 13.9. The zero-order valence-corrected chi connectivity index (χ0v) is 12.3. The SMILES string of the molecule is CCC(=O)C1CC1c1cccc(OCc2ccccc2)c1. The third-order valence-corrected chi connectivity index (χ3v) is 4.09. The number of carbonyl (C=O) groups excluding carboxylic acids is 1. The number of rotatable bonds is 6. The second kappa shape index (κ2) is 6.13. The van der Waals surface area contributed by atoms with Crippen molar-refractivity contribution in [3.8, 4) is 5.75 Å². The van der Waals surface area contributed by atoms with E-state index in [4.69, 9.17) is 4.74 Å². The third-order valence-electron chi connectivity index (χ3n) is 4.09. The maximum absolute atomic E-state index is 11.7. The number of carbonyl (C=O) groups is 1. The van der Waals surface area contributed by atoms with Crippen molar-refractivity contribution in [2.75, 3.05) is 0 Å². The van der Waals surface area contributed by atoms with Crippen LogP contribution in [0.15, 0.2) is 54.6 Å². The molecule has 21 heavy (non-hydrogen) atoms. The molecule has 0 saturated heterocycles.